The summed E-state index contributed by atoms with van der Waals surface area (Å²) < 4.78 is 6.28. The second kappa shape index (κ2) is 7.95. The number of nitrogens with one attached hydrogen (secondary N) is 1. The number of allylic oxidation sites excluding steroid dienone is 1. The van der Waals surface area contributed by atoms with E-state index in [0.29, 0.717) is 22.3 Å². The summed E-state index contributed by atoms with van der Waals surface area (Å²) in [6.07, 6.45) is 1.98. The lowest BCUT2D eigenvalue weighted by molar-refractivity contribution is -0.803. The number of thiocarbonyl (C=S) groups is 1. The first-order valence-corrected chi connectivity index (χ1v) is 8.99. The molecule has 4 nitrogen and oxygen atoms in total. The van der Waals surface area contributed by atoms with Gasteiger partial charge >= 0.3 is 0 Å². The molecule has 0 spiro atoms. The molecule has 1 aliphatic heterocycles. The van der Waals surface area contributed by atoms with Gasteiger partial charge < -0.3 is 10.1 Å². The van der Waals surface area contributed by atoms with Gasteiger partial charge in [-0.2, -0.15) is 0 Å². The molecule has 0 aliphatic carbocycles. The third-order valence-corrected chi connectivity index (χ3v) is 5.34. The van der Waals surface area contributed by atoms with Crippen LogP contribution in [0, 0.1) is 5.92 Å². The van der Waals surface area contributed by atoms with Gasteiger partial charge in [-0.1, -0.05) is 32.0 Å². The normalized spacial score (nSPS) is 20.2. The minimum atomic E-state index is 0.361. The van der Waals surface area contributed by atoms with Crippen molar-refractivity contribution in [2.24, 2.45) is 10.9 Å². The van der Waals surface area contributed by atoms with Crippen LogP contribution in [0.1, 0.15) is 20.8 Å². The van der Waals surface area contributed by atoms with E-state index in [1.807, 2.05) is 12.4 Å². The standard InChI is InChI=1S/C17H23N3OS2/c1-5-20(12-21-17(22)18-4)11-19-15(13(2)3)16(20)23-14-9-7-6-8-10-14/h6-11,13H,5,12H2,1-4H3/p+1. The number of hydrogen-bond donors (Lipinski definition) is 1. The van der Waals surface area contributed by atoms with Crippen LogP contribution >= 0.6 is 24.0 Å². The largest absolute Gasteiger partial charge is 0.419 e. The van der Waals surface area contributed by atoms with E-state index in [0.717, 1.165) is 12.2 Å². The highest BCUT2D eigenvalue weighted by Gasteiger charge is 2.40. The number of ether oxygens (including phenoxy) is 1. The first-order valence-electron chi connectivity index (χ1n) is 7.76. The van der Waals surface area contributed by atoms with Crippen LogP contribution in [0.2, 0.25) is 0 Å². The molecule has 1 unspecified atom stereocenters. The van der Waals surface area contributed by atoms with Crippen molar-refractivity contribution >= 4 is 35.5 Å². The Labute approximate surface area is 148 Å². The zero-order valence-corrected chi connectivity index (χ0v) is 15.7. The molecule has 124 valence electrons. The maximum atomic E-state index is 5.72. The summed E-state index contributed by atoms with van der Waals surface area (Å²) in [5, 5.41) is 4.48. The number of aliphatic imine (C=N–C) groups is 1. The van der Waals surface area contributed by atoms with E-state index in [2.05, 4.69) is 50.4 Å². The van der Waals surface area contributed by atoms with Crippen molar-refractivity contribution in [3.8, 4) is 0 Å². The molecule has 1 atom stereocenters. The Bertz CT molecular complexity index is 614. The SMILES string of the molecule is CC[N+]1(COC(=S)NC)C=NC(C(C)C)=C1Sc1ccccc1. The summed E-state index contributed by atoms with van der Waals surface area (Å²) >= 11 is 6.89. The fraction of sp³-hybridized carbons (Fsp3) is 0.412. The Morgan fingerprint density at radius 3 is 2.61 bits per heavy atom. The van der Waals surface area contributed by atoms with Crippen LogP contribution in [0.5, 0.6) is 0 Å². The van der Waals surface area contributed by atoms with Crippen LogP contribution < -0.4 is 5.32 Å². The quantitative estimate of drug-likeness (QED) is 0.622. The Kier molecular flexibility index (Phi) is 6.21. The topological polar surface area (TPSA) is 33.6 Å². The third kappa shape index (κ3) is 4.13. The summed E-state index contributed by atoms with van der Waals surface area (Å²) in [6, 6.07) is 10.4. The summed E-state index contributed by atoms with van der Waals surface area (Å²) in [5.41, 5.74) is 1.12. The Morgan fingerprint density at radius 2 is 2.04 bits per heavy atom. The molecule has 1 heterocycles. The predicted molar refractivity (Wildman–Crippen MR) is 101 cm³/mol. The highest BCUT2D eigenvalue weighted by Crippen LogP contribution is 2.41. The van der Waals surface area contributed by atoms with E-state index >= 15 is 0 Å². The molecule has 0 aromatic heterocycles. The smallest absolute Gasteiger partial charge is 0.260 e. The van der Waals surface area contributed by atoms with E-state index < -0.39 is 0 Å². The first-order chi connectivity index (χ1) is 11.0. The zero-order valence-electron chi connectivity index (χ0n) is 14.1. The van der Waals surface area contributed by atoms with E-state index in [-0.39, 0.29) is 0 Å². The van der Waals surface area contributed by atoms with E-state index in [1.165, 1.54) is 9.92 Å². The summed E-state index contributed by atoms with van der Waals surface area (Å²) in [5.74, 6) is 0.361. The van der Waals surface area contributed by atoms with Crippen LogP contribution in [0.3, 0.4) is 0 Å². The van der Waals surface area contributed by atoms with Crippen molar-refractivity contribution in [3.05, 3.63) is 41.1 Å². The van der Waals surface area contributed by atoms with Gasteiger partial charge in [0.1, 0.15) is 5.70 Å². The summed E-state index contributed by atoms with van der Waals surface area (Å²) in [4.78, 5) is 5.91. The Hall–Kier alpha value is -1.37. The molecule has 0 bridgehead atoms. The molecule has 0 radical (unpaired) electrons. The van der Waals surface area contributed by atoms with Crippen molar-refractivity contribution in [1.29, 1.82) is 0 Å². The van der Waals surface area contributed by atoms with Gasteiger partial charge in [0.05, 0.1) is 6.54 Å². The fourth-order valence-electron chi connectivity index (χ4n) is 2.30. The molecule has 0 amide bonds. The molecule has 1 aromatic rings. The van der Waals surface area contributed by atoms with Gasteiger partial charge in [-0.05, 0) is 43.0 Å². The zero-order chi connectivity index (χ0) is 16.9. The lowest BCUT2D eigenvalue weighted by Gasteiger charge is -2.30. The van der Waals surface area contributed by atoms with Crippen LogP contribution in [0.4, 0.5) is 0 Å². The van der Waals surface area contributed by atoms with Gasteiger partial charge in [0.25, 0.3) is 5.17 Å². The number of hydrogen-bond acceptors (Lipinski definition) is 4. The molecule has 23 heavy (non-hydrogen) atoms. The van der Waals surface area contributed by atoms with E-state index in [1.54, 1.807) is 18.8 Å². The molecule has 1 N–H and O–H groups in total. The van der Waals surface area contributed by atoms with E-state index in [9.17, 15) is 0 Å². The van der Waals surface area contributed by atoms with Crippen molar-refractivity contribution < 1.29 is 9.22 Å². The lowest BCUT2D eigenvalue weighted by atomic mass is 10.1. The maximum Gasteiger partial charge on any atom is 0.260 e. The molecule has 2 rings (SSSR count). The third-order valence-electron chi connectivity index (χ3n) is 3.74. The van der Waals surface area contributed by atoms with Gasteiger partial charge in [0, 0.05) is 17.9 Å². The van der Waals surface area contributed by atoms with Crippen molar-refractivity contribution in [3.63, 3.8) is 0 Å². The van der Waals surface area contributed by atoms with Crippen LogP contribution in [0.15, 0.2) is 50.9 Å². The molecular weight excluding hydrogens is 326 g/mol. The van der Waals surface area contributed by atoms with Gasteiger partial charge in [-0.15, -0.1) is 0 Å². The Balaban J connectivity index is 2.32. The van der Waals surface area contributed by atoms with Crippen LogP contribution in [-0.4, -0.2) is 36.3 Å². The van der Waals surface area contributed by atoms with Gasteiger partial charge in [0.15, 0.2) is 6.34 Å². The molecule has 0 saturated carbocycles. The van der Waals surface area contributed by atoms with Crippen molar-refractivity contribution in [2.45, 2.75) is 25.7 Å². The van der Waals surface area contributed by atoms with Crippen molar-refractivity contribution in [1.82, 2.24) is 5.32 Å². The highest BCUT2D eigenvalue weighted by molar-refractivity contribution is 8.02. The molecule has 0 saturated heterocycles. The highest BCUT2D eigenvalue weighted by atomic mass is 32.2. The predicted octanol–water partition coefficient (Wildman–Crippen LogP) is 3.96. The monoisotopic (exact) mass is 350 g/mol. The van der Waals surface area contributed by atoms with Gasteiger partial charge in [-0.3, -0.25) is 0 Å². The molecular formula is C17H24N3OS2+. The first kappa shape index (κ1) is 18.0. The Morgan fingerprint density at radius 1 is 1.35 bits per heavy atom. The molecule has 0 fully saturated rings. The minimum absolute atomic E-state index is 0.361. The summed E-state index contributed by atoms with van der Waals surface area (Å²) in [7, 11) is 1.77. The number of nitrogens with zero attached hydrogens (tertiary/aromatic N) is 2. The van der Waals surface area contributed by atoms with Gasteiger partial charge in [0.2, 0.25) is 11.8 Å². The van der Waals surface area contributed by atoms with Gasteiger partial charge in [-0.25, -0.2) is 9.48 Å². The second-order valence-electron chi connectivity index (χ2n) is 5.67. The molecule has 1 aromatic carbocycles. The number of benzene rings is 1. The summed E-state index contributed by atoms with van der Waals surface area (Å²) in [6.45, 7) is 7.80. The number of quaternary nitrogens is 1. The molecule has 1 aliphatic rings. The minimum Gasteiger partial charge on any atom is -0.419 e. The molecule has 6 heteroatoms. The van der Waals surface area contributed by atoms with Crippen molar-refractivity contribution in [2.75, 3.05) is 20.3 Å². The van der Waals surface area contributed by atoms with Crippen LogP contribution in [0.25, 0.3) is 0 Å². The maximum absolute atomic E-state index is 5.72. The number of rotatable bonds is 6. The fourth-order valence-corrected chi connectivity index (χ4v) is 3.68. The number of thioether (sulfide) groups is 1. The van der Waals surface area contributed by atoms with Crippen LogP contribution in [-0.2, 0) is 4.74 Å². The average Bonchev–Trinajstić information content (AvgIpc) is 2.92. The van der Waals surface area contributed by atoms with E-state index in [4.69, 9.17) is 21.9 Å². The lowest BCUT2D eigenvalue weighted by Crippen LogP contribution is -2.46. The second-order valence-corrected chi connectivity index (χ2v) is 7.10. The average molecular weight is 351 g/mol.